The molecule has 0 saturated carbocycles. The van der Waals surface area contributed by atoms with Crippen molar-refractivity contribution in [1.82, 2.24) is 4.98 Å². The molecule has 2 aromatic rings. The van der Waals surface area contributed by atoms with Crippen LogP contribution < -0.4 is 0 Å². The lowest BCUT2D eigenvalue weighted by molar-refractivity contribution is 0.145. The Hall–Kier alpha value is -1.52. The lowest BCUT2D eigenvalue weighted by atomic mass is 9.94. The van der Waals surface area contributed by atoms with Gasteiger partial charge < -0.3 is 5.11 Å². The summed E-state index contributed by atoms with van der Waals surface area (Å²) in [7, 11) is 0. The van der Waals surface area contributed by atoms with Crippen LogP contribution in [0.15, 0.2) is 36.5 Å². The van der Waals surface area contributed by atoms with Crippen LogP contribution >= 0.6 is 11.6 Å². The summed E-state index contributed by atoms with van der Waals surface area (Å²) in [6.07, 6.45) is 0.388. The fourth-order valence-electron chi connectivity index (χ4n) is 1.84. The molecule has 0 saturated heterocycles. The van der Waals surface area contributed by atoms with Gasteiger partial charge in [0.15, 0.2) is 0 Å². The van der Waals surface area contributed by atoms with Crippen LogP contribution in [0.5, 0.6) is 0 Å². The zero-order valence-corrected chi connectivity index (χ0v) is 10.9. The molecule has 100 valence electrons. The minimum Gasteiger partial charge on any atom is -0.388 e. The summed E-state index contributed by atoms with van der Waals surface area (Å²) in [6, 6.07) is 7.01. The van der Waals surface area contributed by atoms with Gasteiger partial charge in [-0.1, -0.05) is 24.6 Å². The quantitative estimate of drug-likeness (QED) is 0.868. The topological polar surface area (TPSA) is 33.1 Å². The Labute approximate surface area is 114 Å². The van der Waals surface area contributed by atoms with E-state index in [9.17, 15) is 13.9 Å². The molecule has 1 aromatic heterocycles. The summed E-state index contributed by atoms with van der Waals surface area (Å²) < 4.78 is 27.1. The minimum atomic E-state index is -1.19. The molecule has 0 bridgehead atoms. The summed E-state index contributed by atoms with van der Waals surface area (Å²) in [6.45, 7) is 1.69. The minimum absolute atomic E-state index is 0.125. The third kappa shape index (κ3) is 2.91. The molecule has 1 heterocycles. The third-order valence-corrected chi connectivity index (χ3v) is 3.28. The predicted molar refractivity (Wildman–Crippen MR) is 69.0 cm³/mol. The van der Waals surface area contributed by atoms with Gasteiger partial charge >= 0.3 is 0 Å². The van der Waals surface area contributed by atoms with E-state index in [0.717, 1.165) is 12.1 Å². The second kappa shape index (κ2) is 5.63. The van der Waals surface area contributed by atoms with E-state index in [2.05, 4.69) is 4.98 Å². The smallest absolute Gasteiger partial charge is 0.142 e. The van der Waals surface area contributed by atoms with Crippen molar-refractivity contribution in [2.24, 2.45) is 0 Å². The highest BCUT2D eigenvalue weighted by Gasteiger charge is 2.23. The summed E-state index contributed by atoms with van der Waals surface area (Å²) in [5.41, 5.74) is 0.477. The second-order valence-electron chi connectivity index (χ2n) is 4.28. The van der Waals surface area contributed by atoms with Crippen LogP contribution in [0.2, 0.25) is 5.02 Å². The summed E-state index contributed by atoms with van der Waals surface area (Å²) in [4.78, 5) is 4.09. The molecule has 0 spiro atoms. The Kier molecular flexibility index (Phi) is 4.12. The van der Waals surface area contributed by atoms with Crippen LogP contribution in [-0.4, -0.2) is 10.1 Å². The maximum absolute atomic E-state index is 13.7. The molecule has 1 N–H and O–H groups in total. The van der Waals surface area contributed by atoms with Crippen molar-refractivity contribution in [2.75, 3.05) is 0 Å². The average Bonchev–Trinajstić information content (AvgIpc) is 2.42. The van der Waals surface area contributed by atoms with Crippen molar-refractivity contribution in [3.05, 3.63) is 64.4 Å². The molecule has 0 aliphatic heterocycles. The van der Waals surface area contributed by atoms with E-state index in [1.807, 2.05) is 0 Å². The molecule has 0 radical (unpaired) electrons. The molecule has 0 aliphatic rings. The Balaban J connectivity index is 2.34. The first-order valence-electron chi connectivity index (χ1n) is 5.74. The Morgan fingerprint density at radius 2 is 1.95 bits per heavy atom. The SMILES string of the molecule is CC(c1ccccn1)C(O)c1cc(F)c(Cl)cc1F. The Morgan fingerprint density at radius 1 is 1.21 bits per heavy atom. The molecular formula is C14H12ClF2NO. The first kappa shape index (κ1) is 13.9. The van der Waals surface area contributed by atoms with Gasteiger partial charge in [-0.3, -0.25) is 4.98 Å². The fraction of sp³-hybridized carbons (Fsp3) is 0.214. The number of pyridine rings is 1. The van der Waals surface area contributed by atoms with Gasteiger partial charge in [0.05, 0.1) is 11.1 Å². The van der Waals surface area contributed by atoms with Crippen LogP contribution in [0.1, 0.15) is 30.2 Å². The van der Waals surface area contributed by atoms with E-state index >= 15 is 0 Å². The fourth-order valence-corrected chi connectivity index (χ4v) is 1.99. The third-order valence-electron chi connectivity index (χ3n) is 2.99. The number of rotatable bonds is 3. The van der Waals surface area contributed by atoms with Gasteiger partial charge in [-0.2, -0.15) is 0 Å². The van der Waals surface area contributed by atoms with Crippen molar-refractivity contribution in [2.45, 2.75) is 18.9 Å². The molecule has 0 fully saturated rings. The number of aliphatic hydroxyl groups is 1. The average molecular weight is 284 g/mol. The van der Waals surface area contributed by atoms with Crippen molar-refractivity contribution >= 4 is 11.6 Å². The van der Waals surface area contributed by atoms with E-state index < -0.39 is 23.7 Å². The van der Waals surface area contributed by atoms with Crippen molar-refractivity contribution in [1.29, 1.82) is 0 Å². The monoisotopic (exact) mass is 283 g/mol. The van der Waals surface area contributed by atoms with Crippen LogP contribution in [0, 0.1) is 11.6 Å². The van der Waals surface area contributed by atoms with E-state index in [1.165, 1.54) is 0 Å². The number of nitrogens with zero attached hydrogens (tertiary/aromatic N) is 1. The molecule has 2 nitrogen and oxygen atoms in total. The van der Waals surface area contributed by atoms with E-state index in [0.29, 0.717) is 5.69 Å². The zero-order chi connectivity index (χ0) is 14.0. The number of hydrogen-bond donors (Lipinski definition) is 1. The van der Waals surface area contributed by atoms with Gasteiger partial charge in [0.1, 0.15) is 11.6 Å². The van der Waals surface area contributed by atoms with E-state index in [-0.39, 0.29) is 10.6 Å². The van der Waals surface area contributed by atoms with Gasteiger partial charge in [0.25, 0.3) is 0 Å². The molecule has 5 heteroatoms. The molecule has 2 rings (SSSR count). The number of aliphatic hydroxyl groups excluding tert-OH is 1. The molecule has 2 atom stereocenters. The van der Waals surface area contributed by atoms with Crippen molar-refractivity contribution in [3.63, 3.8) is 0 Å². The number of hydrogen-bond acceptors (Lipinski definition) is 2. The highest BCUT2D eigenvalue weighted by Crippen LogP contribution is 2.32. The molecule has 19 heavy (non-hydrogen) atoms. The lowest BCUT2D eigenvalue weighted by Gasteiger charge is -2.19. The maximum atomic E-state index is 13.7. The first-order chi connectivity index (χ1) is 9.00. The van der Waals surface area contributed by atoms with Gasteiger partial charge in [-0.25, -0.2) is 8.78 Å². The van der Waals surface area contributed by atoms with Crippen LogP contribution in [0.25, 0.3) is 0 Å². The highest BCUT2D eigenvalue weighted by molar-refractivity contribution is 6.30. The molecule has 2 unspecified atom stereocenters. The second-order valence-corrected chi connectivity index (χ2v) is 4.68. The lowest BCUT2D eigenvalue weighted by Crippen LogP contribution is -2.11. The van der Waals surface area contributed by atoms with Gasteiger partial charge in [0, 0.05) is 23.4 Å². The molecular weight excluding hydrogens is 272 g/mol. The zero-order valence-electron chi connectivity index (χ0n) is 10.1. The summed E-state index contributed by atoms with van der Waals surface area (Å²) in [5.74, 6) is -1.96. The first-order valence-corrected chi connectivity index (χ1v) is 6.12. The molecule has 1 aromatic carbocycles. The van der Waals surface area contributed by atoms with Crippen LogP contribution in [0.4, 0.5) is 8.78 Å². The standard InChI is InChI=1S/C14H12ClF2NO/c1-8(13-4-2-3-5-18-13)14(19)9-6-12(17)10(15)7-11(9)16/h2-8,14,19H,1H3. The van der Waals surface area contributed by atoms with Crippen molar-refractivity contribution < 1.29 is 13.9 Å². The van der Waals surface area contributed by atoms with E-state index in [1.54, 1.807) is 31.3 Å². The number of benzene rings is 1. The highest BCUT2D eigenvalue weighted by atomic mass is 35.5. The van der Waals surface area contributed by atoms with E-state index in [4.69, 9.17) is 11.6 Å². The van der Waals surface area contributed by atoms with Crippen molar-refractivity contribution in [3.8, 4) is 0 Å². The molecule has 0 amide bonds. The van der Waals surface area contributed by atoms with Gasteiger partial charge in [-0.15, -0.1) is 0 Å². The predicted octanol–water partition coefficient (Wildman–Crippen LogP) is 3.85. The number of halogens is 3. The van der Waals surface area contributed by atoms with Gasteiger partial charge in [-0.05, 0) is 24.3 Å². The normalized spacial score (nSPS) is 14.2. The van der Waals surface area contributed by atoms with Crippen LogP contribution in [0.3, 0.4) is 0 Å². The maximum Gasteiger partial charge on any atom is 0.142 e. The summed E-state index contributed by atoms with van der Waals surface area (Å²) in [5, 5.41) is 9.84. The largest absolute Gasteiger partial charge is 0.388 e. The summed E-state index contributed by atoms with van der Waals surface area (Å²) >= 11 is 5.48. The van der Waals surface area contributed by atoms with Crippen LogP contribution in [-0.2, 0) is 0 Å². The van der Waals surface area contributed by atoms with Gasteiger partial charge in [0.2, 0.25) is 0 Å². The Morgan fingerprint density at radius 3 is 2.58 bits per heavy atom. The molecule has 0 aliphatic carbocycles. The number of aromatic nitrogens is 1. The Bertz CT molecular complexity index is 577.